The summed E-state index contributed by atoms with van der Waals surface area (Å²) in [4.78, 5) is 15.2. The number of hydrogen-bond donors (Lipinski definition) is 1. The van der Waals surface area contributed by atoms with Gasteiger partial charge >= 0.3 is 0 Å². The quantitative estimate of drug-likeness (QED) is 0.846. The van der Waals surface area contributed by atoms with Gasteiger partial charge in [-0.2, -0.15) is 0 Å². The predicted octanol–water partition coefficient (Wildman–Crippen LogP) is 2.41. The van der Waals surface area contributed by atoms with Crippen molar-refractivity contribution in [3.05, 3.63) is 0 Å². The highest BCUT2D eigenvalue weighted by Crippen LogP contribution is 2.61. The lowest BCUT2D eigenvalue weighted by molar-refractivity contribution is -0.140. The number of amides is 1. The molecular formula is C18H28N2O. The summed E-state index contributed by atoms with van der Waals surface area (Å²) in [6.45, 7) is 3.20. The van der Waals surface area contributed by atoms with Crippen molar-refractivity contribution in [1.29, 1.82) is 0 Å². The molecule has 0 aromatic heterocycles. The molecule has 2 saturated heterocycles. The van der Waals surface area contributed by atoms with Crippen molar-refractivity contribution < 1.29 is 4.79 Å². The van der Waals surface area contributed by atoms with E-state index in [1.165, 1.54) is 44.9 Å². The van der Waals surface area contributed by atoms with Crippen molar-refractivity contribution >= 4 is 5.91 Å². The molecule has 6 rings (SSSR count). The second kappa shape index (κ2) is 4.47. The Hall–Kier alpha value is -0.570. The van der Waals surface area contributed by atoms with E-state index in [1.807, 2.05) is 0 Å². The van der Waals surface area contributed by atoms with Gasteiger partial charge in [0.15, 0.2) is 0 Å². The van der Waals surface area contributed by atoms with Gasteiger partial charge in [0.2, 0.25) is 5.91 Å². The van der Waals surface area contributed by atoms with Crippen LogP contribution in [0.15, 0.2) is 0 Å². The summed E-state index contributed by atoms with van der Waals surface area (Å²) in [6.07, 6.45) is 10.6. The highest BCUT2D eigenvalue weighted by atomic mass is 16.2. The number of hydrogen-bond acceptors (Lipinski definition) is 2. The minimum Gasteiger partial charge on any atom is -0.338 e. The second-order valence-corrected chi connectivity index (χ2v) is 8.96. The van der Waals surface area contributed by atoms with Gasteiger partial charge in [0, 0.05) is 32.1 Å². The highest BCUT2D eigenvalue weighted by Gasteiger charge is 2.52. The molecule has 4 aliphatic carbocycles. The van der Waals surface area contributed by atoms with Gasteiger partial charge in [-0.05, 0) is 74.0 Å². The normalized spacial score (nSPS) is 50.7. The summed E-state index contributed by atoms with van der Waals surface area (Å²) in [6, 6.07) is 0.520. The maximum Gasteiger partial charge on any atom is 0.223 e. The van der Waals surface area contributed by atoms with Crippen LogP contribution in [-0.4, -0.2) is 36.5 Å². The Labute approximate surface area is 127 Å². The van der Waals surface area contributed by atoms with Crippen molar-refractivity contribution in [2.24, 2.45) is 29.1 Å². The molecule has 6 fully saturated rings. The molecule has 3 nitrogen and oxygen atoms in total. The van der Waals surface area contributed by atoms with Crippen LogP contribution in [0, 0.1) is 29.1 Å². The van der Waals surface area contributed by atoms with Gasteiger partial charge in [-0.1, -0.05) is 0 Å². The molecular weight excluding hydrogens is 260 g/mol. The molecule has 0 aromatic carbocycles. The first-order chi connectivity index (χ1) is 10.2. The molecule has 0 radical (unpaired) electrons. The van der Waals surface area contributed by atoms with Gasteiger partial charge in [0.1, 0.15) is 0 Å². The number of likely N-dealkylation sites (tertiary alicyclic amines) is 1. The molecule has 0 spiro atoms. The van der Waals surface area contributed by atoms with Crippen LogP contribution < -0.4 is 5.32 Å². The van der Waals surface area contributed by atoms with E-state index >= 15 is 0 Å². The molecule has 1 amide bonds. The molecule has 2 atom stereocenters. The molecule has 4 saturated carbocycles. The minimum atomic E-state index is 0.413. The fourth-order valence-corrected chi connectivity index (χ4v) is 7.09. The summed E-state index contributed by atoms with van der Waals surface area (Å²) in [5.74, 6) is 4.12. The standard InChI is InChI=1S/C18H28N2O/c21-17(20-2-1-15-10-19-11-16(15)20)9-18-6-12-3-13(7-18)5-14(4-12)8-18/h12-16,19H,1-11H2/t12?,13?,14?,15-,16+,18?/m0/s1. The minimum absolute atomic E-state index is 0.413. The maximum atomic E-state index is 13.0. The zero-order chi connectivity index (χ0) is 14.0. The molecule has 3 heteroatoms. The smallest absolute Gasteiger partial charge is 0.223 e. The van der Waals surface area contributed by atoms with E-state index in [-0.39, 0.29) is 0 Å². The van der Waals surface area contributed by atoms with Gasteiger partial charge in [0.05, 0.1) is 0 Å². The summed E-state index contributed by atoms with van der Waals surface area (Å²) in [7, 11) is 0. The van der Waals surface area contributed by atoms with E-state index in [0.717, 1.165) is 49.7 Å². The number of nitrogens with one attached hydrogen (secondary N) is 1. The van der Waals surface area contributed by atoms with Gasteiger partial charge < -0.3 is 10.2 Å². The van der Waals surface area contributed by atoms with Crippen molar-refractivity contribution in [3.63, 3.8) is 0 Å². The van der Waals surface area contributed by atoms with Crippen LogP contribution in [0.3, 0.4) is 0 Å². The molecule has 0 unspecified atom stereocenters. The van der Waals surface area contributed by atoms with Gasteiger partial charge in [-0.3, -0.25) is 4.79 Å². The average Bonchev–Trinajstić information content (AvgIpc) is 2.97. The Kier molecular flexibility index (Phi) is 2.75. The number of rotatable bonds is 2. The lowest BCUT2D eigenvalue weighted by Crippen LogP contribution is -2.49. The topological polar surface area (TPSA) is 32.3 Å². The SMILES string of the molecule is O=C(CC12CC3CC(CC(C3)C1)C2)N1CC[C@H]2CNC[C@H]21. The molecule has 2 aliphatic heterocycles. The van der Waals surface area contributed by atoms with Crippen LogP contribution in [-0.2, 0) is 4.79 Å². The Bertz CT molecular complexity index is 425. The van der Waals surface area contributed by atoms with Gasteiger partial charge in [-0.25, -0.2) is 0 Å². The molecule has 6 aliphatic rings. The van der Waals surface area contributed by atoms with Crippen LogP contribution >= 0.6 is 0 Å². The second-order valence-electron chi connectivity index (χ2n) is 8.96. The number of carbonyl (C=O) groups excluding carboxylic acids is 1. The number of nitrogens with zero attached hydrogens (tertiary/aromatic N) is 1. The van der Waals surface area contributed by atoms with Crippen LogP contribution in [0.4, 0.5) is 0 Å². The Morgan fingerprint density at radius 3 is 2.38 bits per heavy atom. The Morgan fingerprint density at radius 2 is 1.71 bits per heavy atom. The third-order valence-electron chi connectivity index (χ3n) is 7.46. The fraction of sp³-hybridized carbons (Fsp3) is 0.944. The summed E-state index contributed by atoms with van der Waals surface area (Å²) >= 11 is 0. The largest absolute Gasteiger partial charge is 0.338 e. The molecule has 21 heavy (non-hydrogen) atoms. The van der Waals surface area contributed by atoms with Crippen molar-refractivity contribution in [2.75, 3.05) is 19.6 Å². The van der Waals surface area contributed by atoms with Crippen LogP contribution in [0.2, 0.25) is 0 Å². The first kappa shape index (κ1) is 12.9. The van der Waals surface area contributed by atoms with E-state index in [4.69, 9.17) is 0 Å². The maximum absolute atomic E-state index is 13.0. The molecule has 0 aromatic rings. The lowest BCUT2D eigenvalue weighted by atomic mass is 9.49. The molecule has 116 valence electrons. The average molecular weight is 288 g/mol. The van der Waals surface area contributed by atoms with E-state index in [9.17, 15) is 4.79 Å². The zero-order valence-electron chi connectivity index (χ0n) is 13.0. The van der Waals surface area contributed by atoms with E-state index in [2.05, 4.69) is 10.2 Å². The Morgan fingerprint density at radius 1 is 1.05 bits per heavy atom. The fourth-order valence-electron chi connectivity index (χ4n) is 7.09. The number of fused-ring (bicyclic) bond motifs is 1. The van der Waals surface area contributed by atoms with Crippen LogP contribution in [0.25, 0.3) is 0 Å². The molecule has 1 N–H and O–H groups in total. The summed E-state index contributed by atoms with van der Waals surface area (Å²) in [5, 5.41) is 3.47. The highest BCUT2D eigenvalue weighted by molar-refractivity contribution is 5.78. The lowest BCUT2D eigenvalue weighted by Gasteiger charge is -2.57. The monoisotopic (exact) mass is 288 g/mol. The van der Waals surface area contributed by atoms with Crippen molar-refractivity contribution in [3.8, 4) is 0 Å². The van der Waals surface area contributed by atoms with Gasteiger partial charge in [-0.15, -0.1) is 0 Å². The van der Waals surface area contributed by atoms with Gasteiger partial charge in [0.25, 0.3) is 0 Å². The first-order valence-electron chi connectivity index (χ1n) is 9.21. The van der Waals surface area contributed by atoms with Crippen molar-refractivity contribution in [2.45, 2.75) is 57.4 Å². The Balaban J connectivity index is 1.32. The molecule has 2 heterocycles. The first-order valence-corrected chi connectivity index (χ1v) is 9.21. The van der Waals surface area contributed by atoms with E-state index in [0.29, 0.717) is 17.4 Å². The third kappa shape index (κ3) is 1.99. The van der Waals surface area contributed by atoms with Crippen LogP contribution in [0.5, 0.6) is 0 Å². The predicted molar refractivity (Wildman–Crippen MR) is 81.7 cm³/mol. The van der Waals surface area contributed by atoms with Crippen molar-refractivity contribution in [1.82, 2.24) is 10.2 Å². The summed E-state index contributed by atoms with van der Waals surface area (Å²) < 4.78 is 0. The summed E-state index contributed by atoms with van der Waals surface area (Å²) in [5.41, 5.74) is 0.413. The third-order valence-corrected chi connectivity index (χ3v) is 7.46. The number of carbonyl (C=O) groups is 1. The van der Waals surface area contributed by atoms with Crippen LogP contribution in [0.1, 0.15) is 51.4 Å². The molecule has 4 bridgehead atoms. The van der Waals surface area contributed by atoms with E-state index in [1.54, 1.807) is 0 Å². The van der Waals surface area contributed by atoms with E-state index < -0.39 is 0 Å². The zero-order valence-corrected chi connectivity index (χ0v) is 13.0.